The molecule has 0 aromatic carbocycles. The molecule has 1 aliphatic carbocycles. The monoisotopic (exact) mass is 475 g/mol. The third-order valence-corrected chi connectivity index (χ3v) is 6.02. The second kappa shape index (κ2) is 9.05. The number of nitrogens with zero attached hydrogens (tertiary/aromatic N) is 4. The average Bonchev–Trinajstić information content (AvgIpc) is 3.26. The molecule has 1 aliphatic rings. The van der Waals surface area contributed by atoms with Crippen molar-refractivity contribution >= 4 is 17.6 Å². The lowest BCUT2D eigenvalue weighted by Crippen LogP contribution is -2.32. The molecule has 180 valence electrons. The quantitative estimate of drug-likeness (QED) is 0.478. The van der Waals surface area contributed by atoms with E-state index in [1.54, 1.807) is 22.9 Å². The molecule has 0 amide bonds. The van der Waals surface area contributed by atoms with E-state index in [-0.39, 0.29) is 18.2 Å². The topological polar surface area (TPSA) is 113 Å². The molecule has 0 atom stereocenters. The lowest BCUT2D eigenvalue weighted by atomic mass is 9.76. The number of aliphatic carboxylic acids is 1. The van der Waals surface area contributed by atoms with Crippen molar-refractivity contribution in [3.8, 4) is 5.82 Å². The normalized spacial score (nSPS) is 20.8. The number of aromatic nitrogens is 4. The maximum atomic E-state index is 13.0. The number of halogens is 3. The second-order valence-electron chi connectivity index (χ2n) is 8.68. The number of carbonyl (C=O) groups is 1. The van der Waals surface area contributed by atoms with Crippen LogP contribution in [0.25, 0.3) is 5.82 Å². The van der Waals surface area contributed by atoms with E-state index in [9.17, 15) is 23.1 Å². The van der Waals surface area contributed by atoms with Crippen LogP contribution in [-0.2, 0) is 16.6 Å². The number of rotatable bonds is 6. The Balaban J connectivity index is 1.53. The molecule has 0 bridgehead atoms. The predicted molar refractivity (Wildman–Crippen MR) is 117 cm³/mol. The van der Waals surface area contributed by atoms with Gasteiger partial charge in [-0.25, -0.2) is 15.0 Å². The highest BCUT2D eigenvalue weighted by molar-refractivity contribution is 5.67. The molecule has 0 aliphatic heterocycles. The Morgan fingerprint density at radius 2 is 1.94 bits per heavy atom. The van der Waals surface area contributed by atoms with E-state index in [1.807, 2.05) is 6.92 Å². The van der Waals surface area contributed by atoms with Crippen molar-refractivity contribution in [3.05, 3.63) is 59.8 Å². The molecule has 3 aromatic rings. The van der Waals surface area contributed by atoms with Gasteiger partial charge in [0.1, 0.15) is 29.4 Å². The Hall–Kier alpha value is -3.47. The van der Waals surface area contributed by atoms with Gasteiger partial charge in [0.2, 0.25) is 0 Å². The second-order valence-corrected chi connectivity index (χ2v) is 8.68. The van der Waals surface area contributed by atoms with Crippen molar-refractivity contribution < 1.29 is 28.2 Å². The van der Waals surface area contributed by atoms with Crippen LogP contribution in [0.3, 0.4) is 0 Å². The number of anilines is 2. The van der Waals surface area contributed by atoms with Gasteiger partial charge in [-0.3, -0.25) is 9.36 Å². The third kappa shape index (κ3) is 5.36. The molecular weight excluding hydrogens is 451 g/mol. The molecule has 11 heteroatoms. The molecule has 1 saturated carbocycles. The summed E-state index contributed by atoms with van der Waals surface area (Å²) in [4.78, 5) is 23.7. The molecule has 0 radical (unpaired) electrons. The Bertz CT molecular complexity index is 1190. The number of hydrogen-bond acceptors (Lipinski definition) is 6. The van der Waals surface area contributed by atoms with Gasteiger partial charge in [0.05, 0.1) is 11.3 Å². The molecule has 3 aromatic heterocycles. The number of alkyl halides is 3. The molecule has 3 heterocycles. The lowest BCUT2D eigenvalue weighted by Gasteiger charge is -2.34. The Labute approximate surface area is 193 Å². The van der Waals surface area contributed by atoms with Crippen LogP contribution in [0.1, 0.15) is 48.9 Å². The van der Waals surface area contributed by atoms with E-state index in [2.05, 4.69) is 20.3 Å². The molecule has 4 rings (SSSR count). The van der Waals surface area contributed by atoms with Gasteiger partial charge >= 0.3 is 12.1 Å². The van der Waals surface area contributed by atoms with E-state index < -0.39 is 23.3 Å². The van der Waals surface area contributed by atoms with Crippen LogP contribution < -0.4 is 5.32 Å². The van der Waals surface area contributed by atoms with Gasteiger partial charge in [-0.1, -0.05) is 0 Å². The minimum absolute atomic E-state index is 0.0117. The zero-order chi connectivity index (χ0) is 24.5. The van der Waals surface area contributed by atoms with E-state index in [1.165, 1.54) is 6.33 Å². The van der Waals surface area contributed by atoms with Crippen molar-refractivity contribution in [2.45, 2.75) is 50.8 Å². The highest BCUT2D eigenvalue weighted by atomic mass is 19.4. The number of nitrogens with one attached hydrogen (secondary N) is 1. The number of aliphatic hydroxyl groups is 1. The fraction of sp³-hybridized carbons (Fsp3) is 0.391. The van der Waals surface area contributed by atoms with Gasteiger partial charge in [-0.15, -0.1) is 0 Å². The number of imidazole rings is 1. The first-order valence-corrected chi connectivity index (χ1v) is 10.8. The largest absolute Gasteiger partial charge is 0.481 e. The maximum Gasteiger partial charge on any atom is 0.416 e. The summed E-state index contributed by atoms with van der Waals surface area (Å²) in [5, 5.41) is 22.9. The van der Waals surface area contributed by atoms with Crippen molar-refractivity contribution in [2.75, 3.05) is 5.32 Å². The minimum Gasteiger partial charge on any atom is -0.481 e. The summed E-state index contributed by atoms with van der Waals surface area (Å²) in [7, 11) is 0. The average molecular weight is 475 g/mol. The number of carboxylic acid groups (broad SMARTS) is 1. The SMILES string of the molecule is Cc1cc(Nc2cc(C(F)(F)F)ccn2)nc(-n2cnc([C@]3(O)CC[C@@H](CC(=O)O)CC3)c2)c1. The van der Waals surface area contributed by atoms with Crippen LogP contribution in [0.15, 0.2) is 43.0 Å². The summed E-state index contributed by atoms with van der Waals surface area (Å²) >= 11 is 0. The van der Waals surface area contributed by atoms with Crippen molar-refractivity contribution in [1.82, 2.24) is 19.5 Å². The summed E-state index contributed by atoms with van der Waals surface area (Å²) in [6.07, 6.45) is 1.90. The number of aryl methyl sites for hydroxylation is 1. The first-order valence-electron chi connectivity index (χ1n) is 10.8. The summed E-state index contributed by atoms with van der Waals surface area (Å²) in [6.45, 7) is 1.82. The van der Waals surface area contributed by atoms with Crippen molar-refractivity contribution in [1.29, 1.82) is 0 Å². The maximum absolute atomic E-state index is 13.0. The van der Waals surface area contributed by atoms with E-state index >= 15 is 0 Å². The summed E-state index contributed by atoms with van der Waals surface area (Å²) in [5.74, 6) is -0.00893. The zero-order valence-corrected chi connectivity index (χ0v) is 18.4. The molecule has 34 heavy (non-hydrogen) atoms. The van der Waals surface area contributed by atoms with Gasteiger partial charge in [0.15, 0.2) is 0 Å². The Morgan fingerprint density at radius 3 is 2.62 bits per heavy atom. The third-order valence-electron chi connectivity index (χ3n) is 6.02. The van der Waals surface area contributed by atoms with E-state index in [0.717, 1.165) is 23.9 Å². The van der Waals surface area contributed by atoms with E-state index in [0.29, 0.717) is 43.0 Å². The first kappa shape index (κ1) is 23.7. The molecule has 0 unspecified atom stereocenters. The molecule has 0 saturated heterocycles. The summed E-state index contributed by atoms with van der Waals surface area (Å²) in [6, 6.07) is 5.27. The minimum atomic E-state index is -4.48. The zero-order valence-electron chi connectivity index (χ0n) is 18.4. The summed E-state index contributed by atoms with van der Waals surface area (Å²) in [5.41, 5.74) is -0.683. The van der Waals surface area contributed by atoms with Crippen LogP contribution in [-0.4, -0.2) is 35.7 Å². The lowest BCUT2D eigenvalue weighted by molar-refractivity contribution is -0.139. The Morgan fingerprint density at radius 1 is 1.21 bits per heavy atom. The smallest absolute Gasteiger partial charge is 0.416 e. The molecule has 1 fully saturated rings. The van der Waals surface area contributed by atoms with Crippen LogP contribution in [0, 0.1) is 12.8 Å². The summed E-state index contributed by atoms with van der Waals surface area (Å²) < 4.78 is 40.6. The van der Waals surface area contributed by atoms with Gasteiger partial charge in [0, 0.05) is 18.8 Å². The first-order chi connectivity index (χ1) is 16.0. The van der Waals surface area contributed by atoms with Crippen molar-refractivity contribution in [2.24, 2.45) is 5.92 Å². The fourth-order valence-corrected chi connectivity index (χ4v) is 4.20. The van der Waals surface area contributed by atoms with Crippen LogP contribution in [0.2, 0.25) is 0 Å². The fourth-order valence-electron chi connectivity index (χ4n) is 4.20. The molecular formula is C23H24F3N5O3. The molecule has 8 nitrogen and oxygen atoms in total. The predicted octanol–water partition coefficient (Wildman–Crippen LogP) is 4.59. The number of pyridine rings is 2. The van der Waals surface area contributed by atoms with Crippen LogP contribution >= 0.6 is 0 Å². The Kier molecular flexibility index (Phi) is 6.30. The number of carboxylic acids is 1. The molecule has 0 spiro atoms. The standard InChI is InChI=1S/C23H24F3N5O3/c1-14-8-19(29-18-11-16(4-7-27-18)23(24,25)26)30-20(9-14)31-12-17(28-13-31)22(34)5-2-15(3-6-22)10-21(32)33/h4,7-9,11-13,15,34H,2-3,5-6,10H2,1H3,(H,32,33)(H,27,29,30)/t15-,22+. The highest BCUT2D eigenvalue weighted by Gasteiger charge is 2.37. The van der Waals surface area contributed by atoms with Crippen molar-refractivity contribution in [3.63, 3.8) is 0 Å². The van der Waals surface area contributed by atoms with Gasteiger partial charge in [-0.2, -0.15) is 13.2 Å². The van der Waals surface area contributed by atoms with E-state index in [4.69, 9.17) is 5.11 Å². The highest BCUT2D eigenvalue weighted by Crippen LogP contribution is 2.40. The van der Waals surface area contributed by atoms with Gasteiger partial charge in [-0.05, 0) is 68.4 Å². The van der Waals surface area contributed by atoms with Crippen LogP contribution in [0.4, 0.5) is 24.8 Å². The van der Waals surface area contributed by atoms with Crippen LogP contribution in [0.5, 0.6) is 0 Å². The van der Waals surface area contributed by atoms with Gasteiger partial charge < -0.3 is 15.5 Å². The van der Waals surface area contributed by atoms with Gasteiger partial charge in [0.25, 0.3) is 0 Å². The molecule has 3 N–H and O–H groups in total. The number of hydrogen-bond donors (Lipinski definition) is 3.